The average Bonchev–Trinajstić information content (AvgIpc) is 2.98. The van der Waals surface area contributed by atoms with Crippen LogP contribution in [-0.2, 0) is 6.54 Å². The van der Waals surface area contributed by atoms with Gasteiger partial charge in [-0.1, -0.05) is 19.3 Å². The molecular formula is C16H23N3S. The standard InChI is InChI=1S/C16H23N3S/c1-12-10-19(11-15-9-8-13(2)20-15)16(17-12)18-14-6-4-3-5-7-14/h8-10,14H,3-7,11H2,1-2H3,(H,17,18). The molecule has 0 atom stereocenters. The van der Waals surface area contributed by atoms with Gasteiger partial charge in [0.05, 0.1) is 12.2 Å². The van der Waals surface area contributed by atoms with E-state index in [4.69, 9.17) is 0 Å². The van der Waals surface area contributed by atoms with E-state index in [9.17, 15) is 0 Å². The summed E-state index contributed by atoms with van der Waals surface area (Å²) in [5.74, 6) is 1.04. The smallest absolute Gasteiger partial charge is 0.203 e. The lowest BCUT2D eigenvalue weighted by Crippen LogP contribution is -2.24. The number of rotatable bonds is 4. The highest BCUT2D eigenvalue weighted by Gasteiger charge is 2.16. The molecule has 2 aromatic heterocycles. The first kappa shape index (κ1) is 13.7. The van der Waals surface area contributed by atoms with Gasteiger partial charge in [-0.2, -0.15) is 0 Å². The number of hydrogen-bond donors (Lipinski definition) is 1. The summed E-state index contributed by atoms with van der Waals surface area (Å²) in [5.41, 5.74) is 1.09. The molecule has 1 saturated carbocycles. The maximum Gasteiger partial charge on any atom is 0.203 e. The van der Waals surface area contributed by atoms with E-state index in [0.29, 0.717) is 6.04 Å². The summed E-state index contributed by atoms with van der Waals surface area (Å²) in [4.78, 5) is 7.43. The van der Waals surface area contributed by atoms with Crippen LogP contribution >= 0.6 is 11.3 Å². The first-order valence-corrected chi connectivity index (χ1v) is 8.38. The van der Waals surface area contributed by atoms with Crippen molar-refractivity contribution < 1.29 is 0 Å². The van der Waals surface area contributed by atoms with Gasteiger partial charge in [0.25, 0.3) is 0 Å². The molecule has 1 aliphatic carbocycles. The van der Waals surface area contributed by atoms with Crippen LogP contribution in [0, 0.1) is 13.8 Å². The molecule has 0 amide bonds. The number of anilines is 1. The van der Waals surface area contributed by atoms with Crippen LogP contribution in [0.2, 0.25) is 0 Å². The molecule has 0 radical (unpaired) electrons. The Labute approximate surface area is 125 Å². The van der Waals surface area contributed by atoms with Gasteiger partial charge < -0.3 is 9.88 Å². The zero-order valence-electron chi connectivity index (χ0n) is 12.4. The van der Waals surface area contributed by atoms with Crippen molar-refractivity contribution in [1.82, 2.24) is 9.55 Å². The van der Waals surface area contributed by atoms with Gasteiger partial charge in [0, 0.05) is 22.0 Å². The summed E-state index contributed by atoms with van der Waals surface area (Å²) in [6.07, 6.45) is 8.80. The first-order chi connectivity index (χ1) is 9.70. The molecule has 0 spiro atoms. The van der Waals surface area contributed by atoms with Gasteiger partial charge in [-0.05, 0) is 38.8 Å². The van der Waals surface area contributed by atoms with Gasteiger partial charge in [-0.25, -0.2) is 4.98 Å². The first-order valence-electron chi connectivity index (χ1n) is 7.56. The summed E-state index contributed by atoms with van der Waals surface area (Å²) < 4.78 is 2.26. The van der Waals surface area contributed by atoms with Crippen LogP contribution in [0.4, 0.5) is 5.95 Å². The largest absolute Gasteiger partial charge is 0.353 e. The molecule has 2 aromatic rings. The summed E-state index contributed by atoms with van der Waals surface area (Å²) in [7, 11) is 0. The molecule has 4 heteroatoms. The Bertz CT molecular complexity index is 564. The number of nitrogens with zero attached hydrogens (tertiary/aromatic N) is 2. The van der Waals surface area contributed by atoms with E-state index >= 15 is 0 Å². The highest BCUT2D eigenvalue weighted by atomic mass is 32.1. The second kappa shape index (κ2) is 6.00. The van der Waals surface area contributed by atoms with Gasteiger partial charge in [0.15, 0.2) is 0 Å². The van der Waals surface area contributed by atoms with Crippen LogP contribution < -0.4 is 5.32 Å². The van der Waals surface area contributed by atoms with Crippen molar-refractivity contribution in [1.29, 1.82) is 0 Å². The Morgan fingerprint density at radius 3 is 2.75 bits per heavy atom. The minimum atomic E-state index is 0.606. The molecule has 1 N–H and O–H groups in total. The average molecular weight is 289 g/mol. The summed E-state index contributed by atoms with van der Waals surface area (Å²) >= 11 is 1.87. The van der Waals surface area contributed by atoms with E-state index in [0.717, 1.165) is 18.2 Å². The summed E-state index contributed by atoms with van der Waals surface area (Å²) in [6, 6.07) is 5.02. The number of aryl methyl sites for hydroxylation is 2. The minimum absolute atomic E-state index is 0.606. The Kier molecular flexibility index (Phi) is 4.10. The Morgan fingerprint density at radius 2 is 2.05 bits per heavy atom. The lowest BCUT2D eigenvalue weighted by molar-refractivity contribution is 0.459. The lowest BCUT2D eigenvalue weighted by Gasteiger charge is -2.23. The van der Waals surface area contributed by atoms with Crippen molar-refractivity contribution in [3.05, 3.63) is 33.8 Å². The highest BCUT2D eigenvalue weighted by molar-refractivity contribution is 7.11. The van der Waals surface area contributed by atoms with E-state index in [2.05, 4.69) is 47.0 Å². The third-order valence-electron chi connectivity index (χ3n) is 3.96. The van der Waals surface area contributed by atoms with E-state index in [1.54, 1.807) is 0 Å². The van der Waals surface area contributed by atoms with Crippen LogP contribution in [0.5, 0.6) is 0 Å². The zero-order chi connectivity index (χ0) is 13.9. The molecule has 108 valence electrons. The number of thiophene rings is 1. The number of aromatic nitrogens is 2. The summed E-state index contributed by atoms with van der Waals surface area (Å²) in [6.45, 7) is 5.16. The fourth-order valence-electron chi connectivity index (χ4n) is 2.95. The molecule has 0 aliphatic heterocycles. The van der Waals surface area contributed by atoms with Crippen LogP contribution in [-0.4, -0.2) is 15.6 Å². The molecule has 3 rings (SSSR count). The topological polar surface area (TPSA) is 29.9 Å². The van der Waals surface area contributed by atoms with Crippen LogP contribution in [0.3, 0.4) is 0 Å². The molecular weight excluding hydrogens is 266 g/mol. The Balaban J connectivity index is 1.73. The molecule has 0 unspecified atom stereocenters. The van der Waals surface area contributed by atoms with Crippen molar-refractivity contribution >= 4 is 17.3 Å². The fourth-order valence-corrected chi connectivity index (χ4v) is 3.84. The van der Waals surface area contributed by atoms with Crippen LogP contribution in [0.15, 0.2) is 18.3 Å². The number of nitrogens with one attached hydrogen (secondary N) is 1. The number of imidazole rings is 1. The molecule has 0 aromatic carbocycles. The van der Waals surface area contributed by atoms with Crippen molar-refractivity contribution in [3.63, 3.8) is 0 Å². The second-order valence-corrected chi connectivity index (χ2v) is 7.20. The molecule has 0 bridgehead atoms. The van der Waals surface area contributed by atoms with Crippen molar-refractivity contribution in [2.24, 2.45) is 0 Å². The maximum atomic E-state index is 4.66. The van der Waals surface area contributed by atoms with Gasteiger partial charge in [0.2, 0.25) is 5.95 Å². The maximum absolute atomic E-state index is 4.66. The van der Waals surface area contributed by atoms with Crippen LogP contribution in [0.1, 0.15) is 47.6 Å². The van der Waals surface area contributed by atoms with Gasteiger partial charge in [-0.15, -0.1) is 11.3 Å². The van der Waals surface area contributed by atoms with Crippen LogP contribution in [0.25, 0.3) is 0 Å². The Hall–Kier alpha value is -1.29. The molecule has 20 heavy (non-hydrogen) atoms. The number of hydrogen-bond acceptors (Lipinski definition) is 3. The Morgan fingerprint density at radius 1 is 1.25 bits per heavy atom. The van der Waals surface area contributed by atoms with Crippen molar-refractivity contribution in [2.45, 2.75) is 58.5 Å². The monoisotopic (exact) mass is 289 g/mol. The molecule has 1 fully saturated rings. The predicted molar refractivity (Wildman–Crippen MR) is 85.6 cm³/mol. The van der Waals surface area contributed by atoms with Crippen molar-refractivity contribution in [2.75, 3.05) is 5.32 Å². The predicted octanol–water partition coefficient (Wildman–Crippen LogP) is 4.35. The lowest BCUT2D eigenvalue weighted by atomic mass is 9.96. The normalized spacial score (nSPS) is 16.5. The third kappa shape index (κ3) is 3.23. The third-order valence-corrected chi connectivity index (χ3v) is 4.94. The van der Waals surface area contributed by atoms with Gasteiger partial charge >= 0.3 is 0 Å². The summed E-state index contributed by atoms with van der Waals surface area (Å²) in [5, 5.41) is 3.65. The zero-order valence-corrected chi connectivity index (χ0v) is 13.2. The van der Waals surface area contributed by atoms with E-state index in [1.165, 1.54) is 41.9 Å². The SMILES string of the molecule is Cc1cn(Cc2ccc(C)s2)c(NC2CCCCC2)n1. The highest BCUT2D eigenvalue weighted by Crippen LogP contribution is 2.23. The fraction of sp³-hybridized carbons (Fsp3) is 0.562. The minimum Gasteiger partial charge on any atom is -0.353 e. The molecule has 2 heterocycles. The van der Waals surface area contributed by atoms with E-state index in [-0.39, 0.29) is 0 Å². The van der Waals surface area contributed by atoms with Gasteiger partial charge in [-0.3, -0.25) is 0 Å². The quantitative estimate of drug-likeness (QED) is 0.906. The van der Waals surface area contributed by atoms with E-state index < -0.39 is 0 Å². The second-order valence-electron chi connectivity index (χ2n) is 5.83. The van der Waals surface area contributed by atoms with Gasteiger partial charge in [0.1, 0.15) is 0 Å². The van der Waals surface area contributed by atoms with Crippen molar-refractivity contribution in [3.8, 4) is 0 Å². The molecule has 0 saturated heterocycles. The molecule has 1 aliphatic rings. The van der Waals surface area contributed by atoms with E-state index in [1.807, 2.05) is 11.3 Å². The molecule has 3 nitrogen and oxygen atoms in total.